The van der Waals surface area contributed by atoms with Crippen molar-refractivity contribution < 1.29 is 33.8 Å². The Labute approximate surface area is 223 Å². The molecular formula is C27H28N2O8S. The maximum atomic E-state index is 13.7. The molecule has 2 N–H and O–H groups in total. The van der Waals surface area contributed by atoms with Crippen LogP contribution >= 0.6 is 11.3 Å². The van der Waals surface area contributed by atoms with Crippen molar-refractivity contribution in [3.05, 3.63) is 72.7 Å². The molecule has 3 atom stereocenters. The van der Waals surface area contributed by atoms with Crippen LogP contribution in [0.25, 0.3) is 0 Å². The van der Waals surface area contributed by atoms with Gasteiger partial charge in [0.2, 0.25) is 5.75 Å². The molecule has 1 aliphatic carbocycles. The molecule has 2 aromatic rings. The van der Waals surface area contributed by atoms with Crippen LogP contribution in [0.15, 0.2) is 52.2 Å². The topological polar surface area (TPSA) is 137 Å². The second-order valence-electron chi connectivity index (χ2n) is 9.61. The third-order valence-corrected chi connectivity index (χ3v) is 8.28. The molecule has 1 aromatic carbocycles. The summed E-state index contributed by atoms with van der Waals surface area (Å²) in [6, 6.07) is 6.57. The number of Topliss-reactive ketones (excluding diaryl/α,β-unsaturated/α-hetero) is 1. The summed E-state index contributed by atoms with van der Waals surface area (Å²) in [5.74, 6) is -2.49. The molecule has 3 heterocycles. The second kappa shape index (κ2) is 10.6. The summed E-state index contributed by atoms with van der Waals surface area (Å²) in [5.41, 5.74) is 1.44. The number of nitro groups is 1. The number of nitrogens with zero attached hydrogens (tertiary/aromatic N) is 1. The van der Waals surface area contributed by atoms with Gasteiger partial charge in [0, 0.05) is 52.8 Å². The van der Waals surface area contributed by atoms with E-state index >= 15 is 0 Å². The number of nitrogens with one attached hydrogen (secondary N) is 1. The minimum atomic E-state index is -0.937. The number of phenols is 1. The fourth-order valence-corrected chi connectivity index (χ4v) is 6.30. The summed E-state index contributed by atoms with van der Waals surface area (Å²) in [6.45, 7) is 2.41. The Morgan fingerprint density at radius 2 is 2.16 bits per heavy atom. The van der Waals surface area contributed by atoms with Gasteiger partial charge in [-0.1, -0.05) is 6.07 Å². The highest BCUT2D eigenvalue weighted by Crippen LogP contribution is 2.49. The monoisotopic (exact) mass is 540 g/mol. The Bertz CT molecular complexity index is 1340. The zero-order valence-corrected chi connectivity index (χ0v) is 21.8. The molecule has 0 bridgehead atoms. The van der Waals surface area contributed by atoms with Crippen molar-refractivity contribution in [1.29, 1.82) is 0 Å². The van der Waals surface area contributed by atoms with Crippen LogP contribution < -0.4 is 10.1 Å². The van der Waals surface area contributed by atoms with E-state index in [0.717, 1.165) is 17.7 Å². The Hall–Kier alpha value is -3.70. The van der Waals surface area contributed by atoms with Crippen LogP contribution in [0.2, 0.25) is 0 Å². The molecular weight excluding hydrogens is 512 g/mol. The lowest BCUT2D eigenvalue weighted by molar-refractivity contribution is -0.386. The fourth-order valence-electron chi connectivity index (χ4n) is 5.47. The van der Waals surface area contributed by atoms with E-state index in [2.05, 4.69) is 5.32 Å². The molecule has 5 rings (SSSR count). The molecule has 0 amide bonds. The van der Waals surface area contributed by atoms with E-state index in [4.69, 9.17) is 14.2 Å². The van der Waals surface area contributed by atoms with Gasteiger partial charge in [0.1, 0.15) is 6.61 Å². The standard InChI is InChI=1S/C27H28N2O8S/c1-14-23(27(32)37-13-17-5-3-7-36-17)24(16-10-19(29(33)34)26(31)21(12-16)35-2)25-18(28-14)9-15(11-20(25)30)22-6-4-8-38-22/h4,6,8,10,12,15,17,24,28,31H,3,5,7,9,11,13H2,1-2H3/t15-,17-,24-/m1/s1. The van der Waals surface area contributed by atoms with Crippen LogP contribution in [-0.2, 0) is 19.1 Å². The van der Waals surface area contributed by atoms with Gasteiger partial charge in [0.15, 0.2) is 11.5 Å². The van der Waals surface area contributed by atoms with Gasteiger partial charge in [0.05, 0.1) is 23.7 Å². The van der Waals surface area contributed by atoms with Crippen molar-refractivity contribution in [2.75, 3.05) is 20.3 Å². The number of benzene rings is 1. The number of allylic oxidation sites excluding steroid dienone is 3. The molecule has 3 aliphatic rings. The van der Waals surface area contributed by atoms with Crippen molar-refractivity contribution in [2.24, 2.45) is 0 Å². The molecule has 1 fully saturated rings. The Morgan fingerprint density at radius 1 is 1.34 bits per heavy atom. The first-order chi connectivity index (χ1) is 18.3. The normalized spacial score (nSPS) is 23.2. The van der Waals surface area contributed by atoms with Gasteiger partial charge < -0.3 is 24.6 Å². The number of thiophene rings is 1. The van der Waals surface area contributed by atoms with Crippen LogP contribution in [0, 0.1) is 10.1 Å². The predicted octanol–water partition coefficient (Wildman–Crippen LogP) is 4.45. The largest absolute Gasteiger partial charge is 0.500 e. The zero-order valence-electron chi connectivity index (χ0n) is 21.0. The lowest BCUT2D eigenvalue weighted by atomic mass is 9.72. The van der Waals surface area contributed by atoms with E-state index in [0.29, 0.717) is 30.0 Å². The third kappa shape index (κ3) is 4.79. The van der Waals surface area contributed by atoms with Gasteiger partial charge in [-0.05, 0) is 49.3 Å². The van der Waals surface area contributed by atoms with Crippen molar-refractivity contribution in [3.63, 3.8) is 0 Å². The summed E-state index contributed by atoms with van der Waals surface area (Å²) in [4.78, 5) is 39.3. The average Bonchev–Trinajstić information content (AvgIpc) is 3.61. The lowest BCUT2D eigenvalue weighted by Gasteiger charge is -2.36. The maximum Gasteiger partial charge on any atom is 0.336 e. The second-order valence-corrected chi connectivity index (χ2v) is 10.6. The number of methoxy groups -OCH3 is 1. The smallest absolute Gasteiger partial charge is 0.336 e. The number of nitro benzene ring substituents is 1. The minimum Gasteiger partial charge on any atom is -0.500 e. The van der Waals surface area contributed by atoms with Crippen molar-refractivity contribution in [2.45, 2.75) is 50.5 Å². The van der Waals surface area contributed by atoms with E-state index in [1.807, 2.05) is 17.5 Å². The molecule has 38 heavy (non-hydrogen) atoms. The number of phenolic OH excluding ortho intramolecular Hbond substituents is 1. The quantitative estimate of drug-likeness (QED) is 0.296. The number of carbonyl (C=O) groups is 2. The third-order valence-electron chi connectivity index (χ3n) is 7.24. The fraction of sp³-hybridized carbons (Fsp3) is 0.407. The highest BCUT2D eigenvalue weighted by Gasteiger charge is 2.43. The van der Waals surface area contributed by atoms with Crippen molar-refractivity contribution >= 4 is 28.8 Å². The molecule has 0 saturated carbocycles. The summed E-state index contributed by atoms with van der Waals surface area (Å²) >= 11 is 1.58. The van der Waals surface area contributed by atoms with E-state index in [-0.39, 0.29) is 47.7 Å². The van der Waals surface area contributed by atoms with Gasteiger partial charge in [-0.25, -0.2) is 4.79 Å². The van der Waals surface area contributed by atoms with E-state index in [1.54, 1.807) is 18.3 Å². The number of dihydropyridines is 1. The highest BCUT2D eigenvalue weighted by atomic mass is 32.1. The molecule has 10 nitrogen and oxygen atoms in total. The maximum absolute atomic E-state index is 13.7. The summed E-state index contributed by atoms with van der Waals surface area (Å²) in [6.07, 6.45) is 2.27. The number of esters is 1. The Kier molecular flexibility index (Phi) is 7.22. The summed E-state index contributed by atoms with van der Waals surface area (Å²) < 4.78 is 16.4. The van der Waals surface area contributed by atoms with Gasteiger partial charge in [-0.15, -0.1) is 11.3 Å². The molecule has 1 saturated heterocycles. The van der Waals surface area contributed by atoms with Crippen LogP contribution in [0.1, 0.15) is 54.9 Å². The van der Waals surface area contributed by atoms with Gasteiger partial charge in [-0.3, -0.25) is 14.9 Å². The molecule has 200 valence electrons. The summed E-state index contributed by atoms with van der Waals surface area (Å²) in [7, 11) is 1.28. The Balaban J connectivity index is 1.60. The van der Waals surface area contributed by atoms with Crippen LogP contribution in [0.4, 0.5) is 5.69 Å². The predicted molar refractivity (Wildman–Crippen MR) is 138 cm³/mol. The SMILES string of the molecule is COc1cc([C@@H]2C(C(=O)OC[C@H]3CCCO3)=C(C)NC3=C2C(=O)C[C@H](c2cccs2)C3)cc([N+](=O)[O-])c1O. The highest BCUT2D eigenvalue weighted by molar-refractivity contribution is 7.10. The molecule has 2 aliphatic heterocycles. The molecule has 11 heteroatoms. The van der Waals surface area contributed by atoms with Crippen LogP contribution in [0.3, 0.4) is 0 Å². The number of rotatable bonds is 7. The first-order valence-corrected chi connectivity index (χ1v) is 13.3. The van der Waals surface area contributed by atoms with Gasteiger partial charge >= 0.3 is 11.7 Å². The van der Waals surface area contributed by atoms with E-state index in [9.17, 15) is 24.8 Å². The molecule has 0 unspecified atom stereocenters. The molecule has 0 radical (unpaired) electrons. The van der Waals surface area contributed by atoms with Gasteiger partial charge in [-0.2, -0.15) is 0 Å². The lowest BCUT2D eigenvalue weighted by Crippen LogP contribution is -2.36. The summed E-state index contributed by atoms with van der Waals surface area (Å²) in [5, 5.41) is 27.4. The first-order valence-electron chi connectivity index (χ1n) is 12.4. The number of hydrogen-bond donors (Lipinski definition) is 2. The van der Waals surface area contributed by atoms with Gasteiger partial charge in [0.25, 0.3) is 0 Å². The zero-order chi connectivity index (χ0) is 27.0. The first kappa shape index (κ1) is 25.9. The van der Waals surface area contributed by atoms with Crippen LogP contribution in [0.5, 0.6) is 11.5 Å². The number of ketones is 1. The van der Waals surface area contributed by atoms with Crippen LogP contribution in [-0.4, -0.2) is 48.2 Å². The van der Waals surface area contributed by atoms with E-state index < -0.39 is 28.2 Å². The van der Waals surface area contributed by atoms with E-state index in [1.165, 1.54) is 19.2 Å². The Morgan fingerprint density at radius 3 is 2.82 bits per heavy atom. The number of aromatic hydroxyl groups is 1. The molecule has 1 aromatic heterocycles. The number of carbonyl (C=O) groups excluding carboxylic acids is 2. The number of ether oxygens (including phenoxy) is 3. The molecule has 0 spiro atoms. The van der Waals surface area contributed by atoms with Crippen molar-refractivity contribution in [3.8, 4) is 11.5 Å². The van der Waals surface area contributed by atoms with Crippen molar-refractivity contribution in [1.82, 2.24) is 5.32 Å². The average molecular weight is 541 g/mol. The minimum absolute atomic E-state index is 0.0149. The number of hydrogen-bond acceptors (Lipinski definition) is 10.